The first-order valence-corrected chi connectivity index (χ1v) is 25.1. The Balaban J connectivity index is 1.06. The van der Waals surface area contributed by atoms with Gasteiger partial charge in [0.1, 0.15) is 8.07 Å². The van der Waals surface area contributed by atoms with Gasteiger partial charge in [-0.25, -0.2) is 9.97 Å². The first-order chi connectivity index (χ1) is 31.5. The van der Waals surface area contributed by atoms with E-state index in [9.17, 15) is 0 Å². The maximum Gasteiger partial charge on any atom is 0.159 e. The molecule has 0 bridgehead atoms. The van der Waals surface area contributed by atoms with E-state index in [-0.39, 0.29) is 0 Å². The summed E-state index contributed by atoms with van der Waals surface area (Å²) in [5.41, 5.74) is 18.4. The largest absolute Gasteiger partial charge is 0.309 e. The van der Waals surface area contributed by atoms with Crippen molar-refractivity contribution in [1.29, 1.82) is 0 Å². The molecule has 0 atom stereocenters. The Morgan fingerprint density at radius 1 is 0.375 bits per heavy atom. The Morgan fingerprint density at radius 2 is 0.906 bits per heavy atom. The molecule has 3 heterocycles. The Kier molecular flexibility index (Phi) is 8.96. The summed E-state index contributed by atoms with van der Waals surface area (Å²) in [6.45, 7) is 4.87. The SMILES string of the molecule is C[Si]1(C)c2ccccc2-c2c(-c3cccc(-c4ccccc4)c3)nc(-c3cccc(-c4cccc5c4c4cc(-c6ccccc6)ccc4n5-c4cccc(-c5ccccc5)c4)c3)nc21. The summed E-state index contributed by atoms with van der Waals surface area (Å²) >= 11 is 0. The minimum absolute atomic E-state index is 0.757. The lowest BCUT2D eigenvalue weighted by atomic mass is 9.95. The van der Waals surface area contributed by atoms with Gasteiger partial charge in [-0.3, -0.25) is 0 Å². The molecule has 9 aromatic carbocycles. The molecule has 0 radical (unpaired) electrons. The Bertz CT molecular complexity index is 3570. The second-order valence-corrected chi connectivity index (χ2v) is 21.6. The van der Waals surface area contributed by atoms with Crippen LogP contribution in [-0.2, 0) is 0 Å². The Hall–Kier alpha value is -7.92. The highest BCUT2D eigenvalue weighted by molar-refractivity contribution is 7.03. The maximum absolute atomic E-state index is 5.57. The van der Waals surface area contributed by atoms with Crippen molar-refractivity contribution >= 4 is 40.4 Å². The fraction of sp³-hybridized carbons (Fsp3) is 0.0333. The second kappa shape index (κ2) is 15.2. The average molecular weight is 834 g/mol. The molecule has 0 aliphatic carbocycles. The van der Waals surface area contributed by atoms with E-state index < -0.39 is 8.07 Å². The molecule has 0 N–H and O–H groups in total. The summed E-state index contributed by atoms with van der Waals surface area (Å²) in [5, 5.41) is 5.04. The summed E-state index contributed by atoms with van der Waals surface area (Å²) < 4.78 is 2.43. The molecule has 4 heteroatoms. The normalized spacial score (nSPS) is 12.7. The number of fused-ring (bicyclic) bond motifs is 6. The summed E-state index contributed by atoms with van der Waals surface area (Å²) in [6, 6.07) is 81.2. The third-order valence-electron chi connectivity index (χ3n) is 13.2. The summed E-state index contributed by atoms with van der Waals surface area (Å²) in [5.74, 6) is 0.757. The van der Waals surface area contributed by atoms with Crippen LogP contribution in [-0.4, -0.2) is 22.6 Å². The zero-order chi connectivity index (χ0) is 42.8. The van der Waals surface area contributed by atoms with E-state index in [1.807, 2.05) is 0 Å². The number of rotatable bonds is 7. The predicted molar refractivity (Wildman–Crippen MR) is 271 cm³/mol. The van der Waals surface area contributed by atoms with Crippen LogP contribution in [0.5, 0.6) is 0 Å². The van der Waals surface area contributed by atoms with Crippen molar-refractivity contribution in [3.63, 3.8) is 0 Å². The highest BCUT2D eigenvalue weighted by Crippen LogP contribution is 2.42. The third kappa shape index (κ3) is 6.25. The zero-order valence-corrected chi connectivity index (χ0v) is 36.7. The van der Waals surface area contributed by atoms with Crippen LogP contribution in [0.1, 0.15) is 0 Å². The summed E-state index contributed by atoms with van der Waals surface area (Å²) in [4.78, 5) is 11.1. The fourth-order valence-electron chi connectivity index (χ4n) is 10.0. The van der Waals surface area contributed by atoms with E-state index in [1.165, 1.54) is 76.9 Å². The van der Waals surface area contributed by atoms with Gasteiger partial charge >= 0.3 is 0 Å². The van der Waals surface area contributed by atoms with Gasteiger partial charge in [0.2, 0.25) is 0 Å². The monoisotopic (exact) mass is 833 g/mol. The van der Waals surface area contributed by atoms with Crippen LogP contribution < -0.4 is 10.5 Å². The highest BCUT2D eigenvalue weighted by atomic mass is 28.3. The molecular formula is C60H43N3Si. The molecule has 0 saturated carbocycles. The lowest BCUT2D eigenvalue weighted by Gasteiger charge is -2.19. The molecule has 11 aromatic rings. The first kappa shape index (κ1) is 37.8. The molecule has 12 rings (SSSR count). The highest BCUT2D eigenvalue weighted by Gasteiger charge is 2.41. The molecule has 0 unspecified atom stereocenters. The molecule has 0 spiro atoms. The van der Waals surface area contributed by atoms with Crippen LogP contribution in [0.25, 0.3) is 106 Å². The Morgan fingerprint density at radius 3 is 1.62 bits per heavy atom. The first-order valence-electron chi connectivity index (χ1n) is 22.1. The third-order valence-corrected chi connectivity index (χ3v) is 16.5. The van der Waals surface area contributed by atoms with Crippen LogP contribution in [0.2, 0.25) is 13.1 Å². The van der Waals surface area contributed by atoms with Gasteiger partial charge < -0.3 is 4.57 Å². The van der Waals surface area contributed by atoms with Crippen LogP contribution in [0.15, 0.2) is 224 Å². The lowest BCUT2D eigenvalue weighted by molar-refractivity contribution is 1.18. The van der Waals surface area contributed by atoms with Crippen LogP contribution in [0, 0.1) is 0 Å². The molecule has 2 aromatic heterocycles. The van der Waals surface area contributed by atoms with E-state index in [1.54, 1.807) is 0 Å². The zero-order valence-electron chi connectivity index (χ0n) is 35.7. The minimum atomic E-state index is -2.17. The molecule has 0 fully saturated rings. The second-order valence-electron chi connectivity index (χ2n) is 17.4. The van der Waals surface area contributed by atoms with Crippen LogP contribution >= 0.6 is 0 Å². The minimum Gasteiger partial charge on any atom is -0.309 e. The number of nitrogens with zero attached hydrogens (tertiary/aromatic N) is 3. The van der Waals surface area contributed by atoms with E-state index in [0.29, 0.717) is 0 Å². The number of hydrogen-bond acceptors (Lipinski definition) is 2. The Labute approximate surface area is 374 Å². The standard InChI is InChI=1S/C60H43N3Si/c1-64(2)55-33-13-12-30-51(55)57-58(47-27-14-24-43(36-47)40-18-6-3-7-19-40)61-59(62-60(57)64)48-28-15-26-46(37-48)50-31-17-32-54-56(50)52-39-45(42-22-10-5-11-23-42)34-35-53(52)63(54)49-29-16-25-44(38-49)41-20-8-4-9-21-41/h3-39H,1-2H3. The van der Waals surface area contributed by atoms with Crippen LogP contribution in [0.3, 0.4) is 0 Å². The maximum atomic E-state index is 5.57. The van der Waals surface area contributed by atoms with Gasteiger partial charge in [0.15, 0.2) is 5.82 Å². The van der Waals surface area contributed by atoms with Gasteiger partial charge in [0.25, 0.3) is 0 Å². The van der Waals surface area contributed by atoms with E-state index in [0.717, 1.165) is 39.4 Å². The van der Waals surface area contributed by atoms with Crippen molar-refractivity contribution in [2.24, 2.45) is 0 Å². The number of aromatic nitrogens is 3. The van der Waals surface area contributed by atoms with E-state index in [4.69, 9.17) is 9.97 Å². The van der Waals surface area contributed by atoms with Crippen molar-refractivity contribution in [2.75, 3.05) is 0 Å². The molecule has 0 amide bonds. The van der Waals surface area contributed by atoms with E-state index >= 15 is 0 Å². The molecular weight excluding hydrogens is 791 g/mol. The lowest BCUT2D eigenvalue weighted by Crippen LogP contribution is -2.50. The predicted octanol–water partition coefficient (Wildman–Crippen LogP) is 14.4. The smallest absolute Gasteiger partial charge is 0.159 e. The van der Waals surface area contributed by atoms with Crippen molar-refractivity contribution in [1.82, 2.24) is 14.5 Å². The van der Waals surface area contributed by atoms with Crippen LogP contribution in [0.4, 0.5) is 0 Å². The van der Waals surface area contributed by atoms with Crippen molar-refractivity contribution in [3.05, 3.63) is 224 Å². The summed E-state index contributed by atoms with van der Waals surface area (Å²) in [7, 11) is -2.17. The molecule has 1 aliphatic heterocycles. The molecule has 1 aliphatic rings. The van der Waals surface area contributed by atoms with Crippen molar-refractivity contribution in [3.8, 4) is 84.0 Å². The topological polar surface area (TPSA) is 30.7 Å². The number of hydrogen-bond donors (Lipinski definition) is 0. The van der Waals surface area contributed by atoms with Gasteiger partial charge in [0, 0.05) is 38.5 Å². The summed E-state index contributed by atoms with van der Waals surface area (Å²) in [6.07, 6.45) is 0. The van der Waals surface area contributed by atoms with Gasteiger partial charge in [-0.2, -0.15) is 0 Å². The van der Waals surface area contributed by atoms with Gasteiger partial charge in [-0.05, 0) is 97.7 Å². The van der Waals surface area contributed by atoms with Gasteiger partial charge in [-0.1, -0.05) is 195 Å². The quantitative estimate of drug-likeness (QED) is 0.150. The molecule has 302 valence electrons. The van der Waals surface area contributed by atoms with E-state index in [2.05, 4.69) is 242 Å². The van der Waals surface area contributed by atoms with Gasteiger partial charge in [-0.15, -0.1) is 0 Å². The van der Waals surface area contributed by atoms with Gasteiger partial charge in [0.05, 0.1) is 16.7 Å². The number of benzene rings is 9. The van der Waals surface area contributed by atoms with Crippen molar-refractivity contribution < 1.29 is 0 Å². The average Bonchev–Trinajstić information content (AvgIpc) is 3.82. The van der Waals surface area contributed by atoms with Crippen molar-refractivity contribution in [2.45, 2.75) is 13.1 Å². The fourth-order valence-corrected chi connectivity index (χ4v) is 13.0. The molecule has 0 saturated heterocycles. The molecule has 3 nitrogen and oxygen atoms in total. The molecule has 64 heavy (non-hydrogen) atoms.